The molecule has 0 aliphatic rings. The minimum atomic E-state index is 0.00833. The second-order valence-corrected chi connectivity index (χ2v) is 2.73. The molecule has 0 radical (unpaired) electrons. The fraction of sp³-hybridized carbons (Fsp3) is 0.889. The van der Waals surface area contributed by atoms with Crippen molar-refractivity contribution in [3.05, 3.63) is 0 Å². The zero-order valence-corrected chi connectivity index (χ0v) is 7.97. The first-order valence-corrected chi connectivity index (χ1v) is 4.39. The van der Waals surface area contributed by atoms with E-state index in [-0.39, 0.29) is 19.0 Å². The van der Waals surface area contributed by atoms with E-state index < -0.39 is 0 Å². The number of carbonyl (C=O) groups excluding carboxylic acids is 1. The maximum atomic E-state index is 10.8. The van der Waals surface area contributed by atoms with Gasteiger partial charge in [-0.2, -0.15) is 0 Å². The van der Waals surface area contributed by atoms with E-state index in [0.29, 0.717) is 6.61 Å². The average Bonchev–Trinajstić information content (AvgIpc) is 2.05. The van der Waals surface area contributed by atoms with Crippen molar-refractivity contribution in [1.82, 2.24) is 0 Å². The van der Waals surface area contributed by atoms with Crippen LogP contribution in [-0.2, 0) is 14.3 Å². The lowest BCUT2D eigenvalue weighted by atomic mass is 10.3. The molecule has 72 valence electrons. The monoisotopic (exact) mass is 174 g/mol. The van der Waals surface area contributed by atoms with Gasteiger partial charge in [0.2, 0.25) is 0 Å². The molecular weight excluding hydrogens is 156 g/mol. The first-order valence-electron chi connectivity index (χ1n) is 4.39. The molecule has 0 aliphatic heterocycles. The molecule has 0 unspecified atom stereocenters. The fourth-order valence-electron chi connectivity index (χ4n) is 0.843. The molecule has 0 fully saturated rings. The van der Waals surface area contributed by atoms with Crippen molar-refractivity contribution in [2.24, 2.45) is 0 Å². The van der Waals surface area contributed by atoms with Gasteiger partial charge >= 0.3 is 0 Å². The minimum absolute atomic E-state index is 0.00833. The van der Waals surface area contributed by atoms with Gasteiger partial charge in [-0.1, -0.05) is 19.8 Å². The Morgan fingerprint density at radius 3 is 2.58 bits per heavy atom. The Kier molecular flexibility index (Phi) is 8.39. The number of methoxy groups -OCH3 is 1. The maximum Gasteiger partial charge on any atom is 0.183 e. The highest BCUT2D eigenvalue weighted by Crippen LogP contribution is 1.93. The number of Topliss-reactive ketones (excluding diaryl/α,β-unsaturated/α-hetero) is 1. The Morgan fingerprint density at radius 1 is 1.25 bits per heavy atom. The van der Waals surface area contributed by atoms with Gasteiger partial charge in [0.1, 0.15) is 13.2 Å². The molecule has 0 saturated heterocycles. The van der Waals surface area contributed by atoms with Crippen LogP contribution in [0.3, 0.4) is 0 Å². The second-order valence-electron chi connectivity index (χ2n) is 2.73. The van der Waals surface area contributed by atoms with Gasteiger partial charge in [-0.25, -0.2) is 0 Å². The summed E-state index contributed by atoms with van der Waals surface area (Å²) < 4.78 is 9.77. The molecule has 0 rings (SSSR count). The molecule has 0 atom stereocenters. The van der Waals surface area contributed by atoms with Crippen LogP contribution in [0.2, 0.25) is 0 Å². The molecule has 0 spiro atoms. The highest BCUT2D eigenvalue weighted by molar-refractivity contribution is 5.80. The molecule has 0 amide bonds. The molecule has 0 heterocycles. The molecule has 0 saturated carbocycles. The summed E-state index contributed by atoms with van der Waals surface area (Å²) >= 11 is 0. The summed E-state index contributed by atoms with van der Waals surface area (Å²) in [5, 5.41) is 0. The van der Waals surface area contributed by atoms with Gasteiger partial charge in [-0.3, -0.25) is 4.79 Å². The maximum absolute atomic E-state index is 10.8. The lowest BCUT2D eigenvalue weighted by Gasteiger charge is -2.01. The van der Waals surface area contributed by atoms with Crippen LogP contribution in [-0.4, -0.2) is 32.7 Å². The summed E-state index contributed by atoms with van der Waals surface area (Å²) in [6, 6.07) is 0. The normalized spacial score (nSPS) is 10.2. The quantitative estimate of drug-likeness (QED) is 0.522. The third-order valence-electron chi connectivity index (χ3n) is 1.46. The summed E-state index contributed by atoms with van der Waals surface area (Å²) in [6.45, 7) is 3.17. The van der Waals surface area contributed by atoms with E-state index in [2.05, 4.69) is 11.7 Å². The van der Waals surface area contributed by atoms with Crippen LogP contribution in [0.25, 0.3) is 0 Å². The zero-order chi connectivity index (χ0) is 9.23. The molecule has 0 N–H and O–H groups in total. The summed E-state index contributed by atoms with van der Waals surface area (Å²) in [5.41, 5.74) is 0. The summed E-state index contributed by atoms with van der Waals surface area (Å²) in [6.07, 6.45) is 3.38. The molecule has 0 aromatic heterocycles. The van der Waals surface area contributed by atoms with Crippen molar-refractivity contribution in [2.75, 3.05) is 26.9 Å². The predicted octanol–water partition coefficient (Wildman–Crippen LogP) is 1.41. The van der Waals surface area contributed by atoms with Gasteiger partial charge in [-0.05, 0) is 6.42 Å². The number of carbonyl (C=O) groups is 1. The third kappa shape index (κ3) is 7.69. The average molecular weight is 174 g/mol. The van der Waals surface area contributed by atoms with E-state index in [1.807, 2.05) is 0 Å². The topological polar surface area (TPSA) is 35.5 Å². The summed E-state index contributed by atoms with van der Waals surface area (Å²) in [4.78, 5) is 10.8. The van der Waals surface area contributed by atoms with Crippen molar-refractivity contribution >= 4 is 5.78 Å². The third-order valence-corrected chi connectivity index (χ3v) is 1.46. The number of ketones is 1. The number of ether oxygens (including phenoxy) is 2. The standard InChI is InChI=1S/C9H18O3/c1-3-4-5-6-12-8-9(10)7-11-2/h3-8H2,1-2H3. The van der Waals surface area contributed by atoms with Gasteiger partial charge in [0.15, 0.2) is 5.78 Å². The van der Waals surface area contributed by atoms with Crippen LogP contribution in [0.5, 0.6) is 0 Å². The fourth-order valence-corrected chi connectivity index (χ4v) is 0.843. The number of rotatable bonds is 8. The van der Waals surface area contributed by atoms with Gasteiger partial charge in [0.25, 0.3) is 0 Å². The Balaban J connectivity index is 3.03. The van der Waals surface area contributed by atoms with Crippen LogP contribution in [0, 0.1) is 0 Å². The van der Waals surface area contributed by atoms with E-state index in [0.717, 1.165) is 6.42 Å². The smallest absolute Gasteiger partial charge is 0.183 e. The molecule has 0 aromatic carbocycles. The van der Waals surface area contributed by atoms with Crippen LogP contribution in [0.4, 0.5) is 0 Å². The van der Waals surface area contributed by atoms with Crippen LogP contribution in [0.15, 0.2) is 0 Å². The largest absolute Gasteiger partial charge is 0.377 e. The van der Waals surface area contributed by atoms with Gasteiger partial charge in [-0.15, -0.1) is 0 Å². The van der Waals surface area contributed by atoms with Crippen LogP contribution < -0.4 is 0 Å². The summed E-state index contributed by atoms with van der Waals surface area (Å²) in [5.74, 6) is 0.00833. The lowest BCUT2D eigenvalue weighted by molar-refractivity contribution is -0.127. The van der Waals surface area contributed by atoms with Crippen LogP contribution in [0.1, 0.15) is 26.2 Å². The summed E-state index contributed by atoms with van der Waals surface area (Å²) in [7, 11) is 1.51. The molecular formula is C9H18O3. The van der Waals surface area contributed by atoms with Crippen molar-refractivity contribution in [2.45, 2.75) is 26.2 Å². The van der Waals surface area contributed by atoms with Gasteiger partial charge in [0, 0.05) is 13.7 Å². The molecule has 0 bridgehead atoms. The van der Waals surface area contributed by atoms with E-state index in [9.17, 15) is 4.79 Å². The lowest BCUT2D eigenvalue weighted by Crippen LogP contribution is -2.14. The molecule has 3 heteroatoms. The highest BCUT2D eigenvalue weighted by Gasteiger charge is 1.99. The molecule has 12 heavy (non-hydrogen) atoms. The van der Waals surface area contributed by atoms with Gasteiger partial charge < -0.3 is 9.47 Å². The predicted molar refractivity (Wildman–Crippen MR) is 47.2 cm³/mol. The SMILES string of the molecule is CCCCCOCC(=O)COC. The highest BCUT2D eigenvalue weighted by atomic mass is 16.5. The van der Waals surface area contributed by atoms with Crippen molar-refractivity contribution in [1.29, 1.82) is 0 Å². The number of unbranched alkanes of at least 4 members (excludes halogenated alkanes) is 2. The van der Waals surface area contributed by atoms with Crippen molar-refractivity contribution in [3.63, 3.8) is 0 Å². The van der Waals surface area contributed by atoms with E-state index >= 15 is 0 Å². The van der Waals surface area contributed by atoms with Crippen molar-refractivity contribution < 1.29 is 14.3 Å². The zero-order valence-electron chi connectivity index (χ0n) is 7.97. The van der Waals surface area contributed by atoms with E-state index in [1.165, 1.54) is 20.0 Å². The first kappa shape index (κ1) is 11.6. The van der Waals surface area contributed by atoms with E-state index in [1.54, 1.807) is 0 Å². The van der Waals surface area contributed by atoms with Crippen molar-refractivity contribution in [3.8, 4) is 0 Å². The van der Waals surface area contributed by atoms with Gasteiger partial charge in [0.05, 0.1) is 0 Å². The molecule has 3 nitrogen and oxygen atoms in total. The Morgan fingerprint density at radius 2 is 2.00 bits per heavy atom. The van der Waals surface area contributed by atoms with Crippen LogP contribution >= 0.6 is 0 Å². The molecule has 0 aliphatic carbocycles. The number of hydrogen-bond donors (Lipinski definition) is 0. The number of hydrogen-bond acceptors (Lipinski definition) is 3. The second kappa shape index (κ2) is 8.68. The Labute approximate surface area is 74.0 Å². The Bertz CT molecular complexity index is 112. The van der Waals surface area contributed by atoms with E-state index in [4.69, 9.17) is 4.74 Å². The molecule has 0 aromatic rings. The minimum Gasteiger partial charge on any atom is -0.377 e. The Hall–Kier alpha value is -0.410. The first-order chi connectivity index (χ1) is 5.81.